The number of fused-ring (bicyclic) bond motifs is 1. The third-order valence-corrected chi connectivity index (χ3v) is 8.49. The number of aryl methyl sites for hydroxylation is 1. The molecule has 3 aromatic heterocycles. The molecular formula is C31H30N6OS. The van der Waals surface area contributed by atoms with Crippen molar-refractivity contribution in [1.29, 1.82) is 0 Å². The van der Waals surface area contributed by atoms with Crippen LogP contribution in [-0.2, 0) is 0 Å². The van der Waals surface area contributed by atoms with Gasteiger partial charge in [-0.3, -0.25) is 9.48 Å². The summed E-state index contributed by atoms with van der Waals surface area (Å²) in [6.45, 7) is 4.08. The number of thiazole rings is 1. The summed E-state index contributed by atoms with van der Waals surface area (Å²) in [5.74, 6) is 1.37. The summed E-state index contributed by atoms with van der Waals surface area (Å²) in [5, 5.41) is 11.8. The highest BCUT2D eigenvalue weighted by Crippen LogP contribution is 2.45. The van der Waals surface area contributed by atoms with Crippen molar-refractivity contribution in [3.63, 3.8) is 0 Å². The lowest BCUT2D eigenvalue weighted by molar-refractivity contribution is 0.0975. The van der Waals surface area contributed by atoms with Gasteiger partial charge < -0.3 is 5.32 Å². The summed E-state index contributed by atoms with van der Waals surface area (Å²) in [7, 11) is 0. The molecule has 1 N–H and O–H groups in total. The van der Waals surface area contributed by atoms with Crippen LogP contribution in [0.4, 0.5) is 11.6 Å². The Labute approximate surface area is 231 Å². The van der Waals surface area contributed by atoms with Gasteiger partial charge in [0.05, 0.1) is 34.1 Å². The molecule has 8 heteroatoms. The maximum absolute atomic E-state index is 13.3. The van der Waals surface area contributed by atoms with E-state index in [0.717, 1.165) is 44.0 Å². The highest BCUT2D eigenvalue weighted by atomic mass is 32.1. The van der Waals surface area contributed by atoms with E-state index < -0.39 is 0 Å². The predicted molar refractivity (Wildman–Crippen MR) is 155 cm³/mol. The third-order valence-electron chi connectivity index (χ3n) is 7.70. The number of carbonyl (C=O) groups excluding carboxylic acids is 1. The Morgan fingerprint density at radius 2 is 1.97 bits per heavy atom. The summed E-state index contributed by atoms with van der Waals surface area (Å²) in [6.07, 6.45) is 10.9. The average molecular weight is 535 g/mol. The van der Waals surface area contributed by atoms with Crippen molar-refractivity contribution in [2.75, 3.05) is 5.32 Å². The van der Waals surface area contributed by atoms with Crippen molar-refractivity contribution in [3.05, 3.63) is 82.2 Å². The molecular weight excluding hydrogens is 504 g/mol. The number of hydrogen-bond acceptors (Lipinski definition) is 7. The lowest BCUT2D eigenvalue weighted by atomic mass is 9.91. The van der Waals surface area contributed by atoms with Crippen LogP contribution in [0.1, 0.15) is 83.5 Å². The molecule has 0 saturated heterocycles. The number of anilines is 2. The van der Waals surface area contributed by atoms with E-state index in [1.165, 1.54) is 31.2 Å². The molecule has 39 heavy (non-hydrogen) atoms. The SMILES string of the molecule is Cc1nc(C(C)CC(=O)c2ccc(C3CC3)c(-c3ccc4nc(Nc5cnn(C6CC6)c5)ncc4c3)c2)cs1. The molecule has 1 atom stereocenters. The monoisotopic (exact) mass is 534 g/mol. The average Bonchev–Trinajstić information content (AvgIpc) is 3.88. The lowest BCUT2D eigenvalue weighted by Crippen LogP contribution is -2.06. The molecule has 2 saturated carbocycles. The highest BCUT2D eigenvalue weighted by Gasteiger charge is 2.27. The summed E-state index contributed by atoms with van der Waals surface area (Å²) in [5.41, 5.74) is 7.08. The van der Waals surface area contributed by atoms with Crippen molar-refractivity contribution in [2.24, 2.45) is 0 Å². The maximum Gasteiger partial charge on any atom is 0.227 e. The largest absolute Gasteiger partial charge is 0.321 e. The highest BCUT2D eigenvalue weighted by molar-refractivity contribution is 7.09. The van der Waals surface area contributed by atoms with Crippen LogP contribution in [0.3, 0.4) is 0 Å². The Balaban J connectivity index is 1.15. The van der Waals surface area contributed by atoms with E-state index in [4.69, 9.17) is 4.98 Å². The molecule has 1 unspecified atom stereocenters. The number of aromatic nitrogens is 5. The van der Waals surface area contributed by atoms with E-state index in [1.54, 1.807) is 11.3 Å². The van der Waals surface area contributed by atoms with Crippen LogP contribution in [0.2, 0.25) is 0 Å². The Bertz CT molecular complexity index is 1700. The van der Waals surface area contributed by atoms with Crippen LogP contribution in [0.25, 0.3) is 22.0 Å². The molecule has 3 heterocycles. The summed E-state index contributed by atoms with van der Waals surface area (Å²) >= 11 is 1.63. The van der Waals surface area contributed by atoms with Crippen LogP contribution in [0, 0.1) is 6.92 Å². The first-order valence-electron chi connectivity index (χ1n) is 13.7. The molecule has 0 radical (unpaired) electrons. The molecule has 2 aliphatic rings. The second kappa shape index (κ2) is 9.68. The van der Waals surface area contributed by atoms with Crippen molar-refractivity contribution < 1.29 is 4.79 Å². The number of nitrogens with one attached hydrogen (secondary N) is 1. The number of benzene rings is 2. The van der Waals surface area contributed by atoms with Gasteiger partial charge in [0.2, 0.25) is 5.95 Å². The molecule has 5 aromatic rings. The second-order valence-electron chi connectivity index (χ2n) is 10.9. The van der Waals surface area contributed by atoms with Crippen LogP contribution in [0.15, 0.2) is 60.4 Å². The molecule has 0 bridgehead atoms. The Kier molecular flexibility index (Phi) is 6.00. The Morgan fingerprint density at radius 1 is 1.10 bits per heavy atom. The minimum atomic E-state index is 0.0951. The van der Waals surface area contributed by atoms with Crippen molar-refractivity contribution in [3.8, 4) is 11.1 Å². The lowest BCUT2D eigenvalue weighted by Gasteiger charge is -2.14. The zero-order valence-corrected chi connectivity index (χ0v) is 22.9. The molecule has 7 nitrogen and oxygen atoms in total. The smallest absolute Gasteiger partial charge is 0.227 e. The minimum Gasteiger partial charge on any atom is -0.321 e. The van der Waals surface area contributed by atoms with Gasteiger partial charge in [-0.25, -0.2) is 15.0 Å². The number of rotatable bonds is 9. The topological polar surface area (TPSA) is 85.6 Å². The standard InChI is InChI=1S/C31H30N6OS/c1-18(29-17-39-19(2)34-29)11-30(38)22-5-9-26(20-3-4-20)27(13-22)21-6-10-28-23(12-21)14-32-31(36-28)35-24-15-33-37(16-24)25-7-8-25/h5-6,9-10,12-18,20,25H,3-4,7-8,11H2,1-2H3,(H,32,35,36). The number of hydrogen-bond donors (Lipinski definition) is 1. The van der Waals surface area contributed by atoms with Crippen LogP contribution in [-0.4, -0.2) is 30.5 Å². The first-order chi connectivity index (χ1) is 19.0. The van der Waals surface area contributed by atoms with Gasteiger partial charge in [0, 0.05) is 41.1 Å². The quantitative estimate of drug-likeness (QED) is 0.196. The normalized spacial score (nSPS) is 15.9. The zero-order chi connectivity index (χ0) is 26.5. The van der Waals surface area contributed by atoms with Crippen LogP contribution >= 0.6 is 11.3 Å². The number of carbonyl (C=O) groups is 1. The summed E-state index contributed by atoms with van der Waals surface area (Å²) in [6, 6.07) is 13.1. The Hall–Kier alpha value is -3.91. The number of ketones is 1. The fourth-order valence-corrected chi connectivity index (χ4v) is 5.90. The van der Waals surface area contributed by atoms with E-state index in [1.807, 2.05) is 42.3 Å². The van der Waals surface area contributed by atoms with Crippen molar-refractivity contribution in [1.82, 2.24) is 24.7 Å². The fraction of sp³-hybridized carbons (Fsp3) is 0.323. The predicted octanol–water partition coefficient (Wildman–Crippen LogP) is 7.59. The maximum atomic E-state index is 13.3. The van der Waals surface area contributed by atoms with E-state index in [0.29, 0.717) is 24.3 Å². The zero-order valence-electron chi connectivity index (χ0n) is 22.1. The summed E-state index contributed by atoms with van der Waals surface area (Å²) < 4.78 is 2.01. The van der Waals surface area contributed by atoms with Crippen LogP contribution < -0.4 is 5.32 Å². The van der Waals surface area contributed by atoms with E-state index >= 15 is 0 Å². The minimum absolute atomic E-state index is 0.0951. The van der Waals surface area contributed by atoms with Gasteiger partial charge in [0.15, 0.2) is 5.78 Å². The van der Waals surface area contributed by atoms with Gasteiger partial charge in [0.1, 0.15) is 0 Å². The Morgan fingerprint density at radius 3 is 2.74 bits per heavy atom. The van der Waals surface area contributed by atoms with E-state index in [2.05, 4.69) is 57.0 Å². The number of Topliss-reactive ketones (excluding diaryl/α,β-unsaturated/α-hetero) is 1. The van der Waals surface area contributed by atoms with Crippen LogP contribution in [0.5, 0.6) is 0 Å². The molecule has 2 aromatic carbocycles. The van der Waals surface area contributed by atoms with E-state index in [-0.39, 0.29) is 11.7 Å². The van der Waals surface area contributed by atoms with Crippen molar-refractivity contribution in [2.45, 2.75) is 63.8 Å². The summed E-state index contributed by atoms with van der Waals surface area (Å²) in [4.78, 5) is 27.2. The van der Waals surface area contributed by atoms with Gasteiger partial charge in [0.25, 0.3) is 0 Å². The van der Waals surface area contributed by atoms with Crippen molar-refractivity contribution >= 4 is 39.7 Å². The van der Waals surface area contributed by atoms with Gasteiger partial charge in [-0.05, 0) is 73.4 Å². The number of nitrogens with zero attached hydrogens (tertiary/aromatic N) is 5. The van der Waals surface area contributed by atoms with Gasteiger partial charge >= 0.3 is 0 Å². The molecule has 0 spiro atoms. The second-order valence-corrected chi connectivity index (χ2v) is 12.0. The molecule has 2 aliphatic carbocycles. The first-order valence-corrected chi connectivity index (χ1v) is 14.6. The molecule has 2 fully saturated rings. The molecule has 0 amide bonds. The first kappa shape index (κ1) is 24.2. The third kappa shape index (κ3) is 5.08. The molecule has 7 rings (SSSR count). The molecule has 196 valence electrons. The van der Waals surface area contributed by atoms with Gasteiger partial charge in [-0.2, -0.15) is 5.10 Å². The van der Waals surface area contributed by atoms with Gasteiger partial charge in [-0.1, -0.05) is 25.1 Å². The fourth-order valence-electron chi connectivity index (χ4n) is 5.17. The molecule has 0 aliphatic heterocycles. The van der Waals surface area contributed by atoms with Gasteiger partial charge in [-0.15, -0.1) is 11.3 Å². The van der Waals surface area contributed by atoms with E-state index in [9.17, 15) is 4.79 Å².